The Morgan fingerprint density at radius 1 is 1.47 bits per heavy atom. The summed E-state index contributed by atoms with van der Waals surface area (Å²) in [5, 5.41) is 11.5. The number of hydrogen-bond acceptors (Lipinski definition) is 3. The van der Waals surface area contributed by atoms with Crippen molar-refractivity contribution in [3.05, 3.63) is 30.3 Å². The average Bonchev–Trinajstić information content (AvgIpc) is 2.36. The quantitative estimate of drug-likeness (QED) is 0.867. The van der Waals surface area contributed by atoms with Gasteiger partial charge in [-0.1, -0.05) is 32.0 Å². The molecule has 1 rings (SSSR count). The highest BCUT2D eigenvalue weighted by Gasteiger charge is 2.19. The van der Waals surface area contributed by atoms with Gasteiger partial charge in [0.2, 0.25) is 0 Å². The standard InChI is InChI=1S/C13H16N2O2/c1-3-10(2)12(9-14)17-13(16)15-11-7-5-4-6-8-11/h4-8,10,12H,3H2,1-2H3,(H,15,16). The first-order valence-corrected chi connectivity index (χ1v) is 5.59. The van der Waals surface area contributed by atoms with E-state index in [0.717, 1.165) is 6.42 Å². The van der Waals surface area contributed by atoms with E-state index in [0.29, 0.717) is 5.69 Å². The van der Waals surface area contributed by atoms with Gasteiger partial charge in [0.25, 0.3) is 0 Å². The van der Waals surface area contributed by atoms with Crippen molar-refractivity contribution in [3.8, 4) is 6.07 Å². The molecule has 0 aliphatic rings. The molecule has 1 amide bonds. The smallest absolute Gasteiger partial charge is 0.412 e. The number of benzene rings is 1. The lowest BCUT2D eigenvalue weighted by atomic mass is 10.0. The monoisotopic (exact) mass is 232 g/mol. The van der Waals surface area contributed by atoms with Crippen molar-refractivity contribution in [1.29, 1.82) is 5.26 Å². The fourth-order valence-electron chi connectivity index (χ4n) is 1.27. The van der Waals surface area contributed by atoms with Crippen LogP contribution >= 0.6 is 0 Å². The SMILES string of the molecule is CCC(C)C(C#N)OC(=O)Nc1ccccc1. The number of nitrogens with zero attached hydrogens (tertiary/aromatic N) is 1. The number of ether oxygens (including phenoxy) is 1. The summed E-state index contributed by atoms with van der Waals surface area (Å²) in [4.78, 5) is 11.5. The number of nitriles is 1. The second kappa shape index (κ2) is 6.54. The van der Waals surface area contributed by atoms with Gasteiger partial charge in [0, 0.05) is 11.6 Å². The number of carbonyl (C=O) groups is 1. The van der Waals surface area contributed by atoms with E-state index in [9.17, 15) is 4.79 Å². The number of nitrogens with one attached hydrogen (secondary N) is 1. The van der Waals surface area contributed by atoms with E-state index in [1.807, 2.05) is 38.1 Å². The van der Waals surface area contributed by atoms with Crippen molar-refractivity contribution in [2.75, 3.05) is 5.32 Å². The van der Waals surface area contributed by atoms with E-state index >= 15 is 0 Å². The normalized spacial score (nSPS) is 13.2. The molecular formula is C13H16N2O2. The van der Waals surface area contributed by atoms with E-state index in [-0.39, 0.29) is 5.92 Å². The van der Waals surface area contributed by atoms with Gasteiger partial charge in [0.05, 0.1) is 0 Å². The molecule has 2 atom stereocenters. The minimum atomic E-state index is -0.705. The van der Waals surface area contributed by atoms with Crippen LogP contribution in [0.15, 0.2) is 30.3 Å². The van der Waals surface area contributed by atoms with Gasteiger partial charge in [-0.25, -0.2) is 4.79 Å². The zero-order chi connectivity index (χ0) is 12.7. The second-order valence-electron chi connectivity index (χ2n) is 3.83. The molecule has 4 heteroatoms. The fourth-order valence-corrected chi connectivity index (χ4v) is 1.27. The summed E-state index contributed by atoms with van der Waals surface area (Å²) < 4.78 is 5.05. The lowest BCUT2D eigenvalue weighted by molar-refractivity contribution is 0.108. The summed E-state index contributed by atoms with van der Waals surface area (Å²) in [6.07, 6.45) is -0.511. The Kier molecular flexibility index (Phi) is 5.02. The van der Waals surface area contributed by atoms with E-state index in [4.69, 9.17) is 10.00 Å². The molecule has 0 saturated carbocycles. The minimum Gasteiger partial charge on any atom is -0.430 e. The summed E-state index contributed by atoms with van der Waals surface area (Å²) in [7, 11) is 0. The first-order valence-electron chi connectivity index (χ1n) is 5.59. The number of rotatable bonds is 4. The summed E-state index contributed by atoms with van der Waals surface area (Å²) >= 11 is 0. The van der Waals surface area contributed by atoms with E-state index in [1.165, 1.54) is 0 Å². The molecule has 4 nitrogen and oxygen atoms in total. The van der Waals surface area contributed by atoms with Crippen molar-refractivity contribution in [2.45, 2.75) is 26.4 Å². The van der Waals surface area contributed by atoms with Crippen LogP contribution < -0.4 is 5.32 Å². The van der Waals surface area contributed by atoms with Crippen LogP contribution in [0.3, 0.4) is 0 Å². The van der Waals surface area contributed by atoms with Gasteiger partial charge < -0.3 is 4.74 Å². The third-order valence-corrected chi connectivity index (χ3v) is 2.54. The molecule has 0 fully saturated rings. The molecule has 0 bridgehead atoms. The van der Waals surface area contributed by atoms with Crippen LogP contribution in [0.4, 0.5) is 10.5 Å². The van der Waals surface area contributed by atoms with Crippen LogP contribution in [0.25, 0.3) is 0 Å². The Balaban J connectivity index is 2.52. The molecule has 1 N–H and O–H groups in total. The average molecular weight is 232 g/mol. The topological polar surface area (TPSA) is 62.1 Å². The van der Waals surface area contributed by atoms with Gasteiger partial charge in [0.1, 0.15) is 6.07 Å². The van der Waals surface area contributed by atoms with Crippen LogP contribution in [-0.2, 0) is 4.74 Å². The molecule has 1 aromatic carbocycles. The van der Waals surface area contributed by atoms with Gasteiger partial charge in [-0.05, 0) is 18.6 Å². The van der Waals surface area contributed by atoms with E-state index in [2.05, 4.69) is 5.32 Å². The van der Waals surface area contributed by atoms with Crippen molar-refractivity contribution >= 4 is 11.8 Å². The molecule has 0 aliphatic heterocycles. The number of hydrogen-bond donors (Lipinski definition) is 1. The first-order chi connectivity index (χ1) is 8.17. The van der Waals surface area contributed by atoms with E-state index in [1.54, 1.807) is 12.1 Å². The maximum Gasteiger partial charge on any atom is 0.412 e. The maximum atomic E-state index is 11.5. The summed E-state index contributed by atoms with van der Waals surface area (Å²) in [5.74, 6) is 0.0292. The molecule has 0 radical (unpaired) electrons. The number of para-hydroxylation sites is 1. The van der Waals surface area contributed by atoms with Gasteiger partial charge >= 0.3 is 6.09 Å². The zero-order valence-corrected chi connectivity index (χ0v) is 10.0. The number of anilines is 1. The highest BCUT2D eigenvalue weighted by molar-refractivity contribution is 5.84. The molecule has 17 heavy (non-hydrogen) atoms. The molecular weight excluding hydrogens is 216 g/mol. The molecule has 0 heterocycles. The van der Waals surface area contributed by atoms with Gasteiger partial charge in [-0.3, -0.25) is 5.32 Å². The molecule has 90 valence electrons. The molecule has 2 unspecified atom stereocenters. The number of carbonyl (C=O) groups excluding carboxylic acids is 1. The second-order valence-corrected chi connectivity index (χ2v) is 3.83. The Hall–Kier alpha value is -2.02. The van der Waals surface area contributed by atoms with Crippen molar-refractivity contribution in [2.24, 2.45) is 5.92 Å². The van der Waals surface area contributed by atoms with Gasteiger partial charge in [-0.15, -0.1) is 0 Å². The van der Waals surface area contributed by atoms with Gasteiger partial charge in [-0.2, -0.15) is 5.26 Å². The Morgan fingerprint density at radius 2 is 2.12 bits per heavy atom. The Bertz CT molecular complexity index is 398. The molecule has 1 aromatic rings. The highest BCUT2D eigenvalue weighted by Crippen LogP contribution is 2.12. The summed E-state index contributed by atoms with van der Waals surface area (Å²) in [6, 6.07) is 11.0. The van der Waals surface area contributed by atoms with Crippen LogP contribution in [0.1, 0.15) is 20.3 Å². The first kappa shape index (κ1) is 13.0. The zero-order valence-electron chi connectivity index (χ0n) is 10.0. The molecule has 0 aliphatic carbocycles. The third-order valence-electron chi connectivity index (χ3n) is 2.54. The molecule has 0 aromatic heterocycles. The van der Waals surface area contributed by atoms with Crippen LogP contribution in [0, 0.1) is 17.2 Å². The molecule has 0 spiro atoms. The third kappa shape index (κ3) is 4.15. The van der Waals surface area contributed by atoms with Crippen LogP contribution in [0.5, 0.6) is 0 Å². The van der Waals surface area contributed by atoms with Crippen molar-refractivity contribution in [1.82, 2.24) is 0 Å². The van der Waals surface area contributed by atoms with E-state index < -0.39 is 12.2 Å². The Labute approximate surface area is 101 Å². The predicted octanol–water partition coefficient (Wildman–Crippen LogP) is 3.17. The van der Waals surface area contributed by atoms with Gasteiger partial charge in [0.15, 0.2) is 6.10 Å². The Morgan fingerprint density at radius 3 is 2.65 bits per heavy atom. The predicted molar refractivity (Wildman–Crippen MR) is 65.4 cm³/mol. The van der Waals surface area contributed by atoms with Crippen LogP contribution in [0.2, 0.25) is 0 Å². The van der Waals surface area contributed by atoms with Crippen molar-refractivity contribution < 1.29 is 9.53 Å². The summed E-state index contributed by atoms with van der Waals surface area (Å²) in [6.45, 7) is 3.83. The maximum absolute atomic E-state index is 11.5. The highest BCUT2D eigenvalue weighted by atomic mass is 16.6. The lowest BCUT2D eigenvalue weighted by Gasteiger charge is -2.16. The fraction of sp³-hybridized carbons (Fsp3) is 0.385. The number of amides is 1. The largest absolute Gasteiger partial charge is 0.430 e. The molecule has 0 saturated heterocycles. The van der Waals surface area contributed by atoms with Crippen LogP contribution in [-0.4, -0.2) is 12.2 Å². The lowest BCUT2D eigenvalue weighted by Crippen LogP contribution is -2.26. The minimum absolute atomic E-state index is 0.0292. The van der Waals surface area contributed by atoms with Crippen molar-refractivity contribution in [3.63, 3.8) is 0 Å². The summed E-state index contributed by atoms with van der Waals surface area (Å²) in [5.41, 5.74) is 0.651.